The molecule has 0 saturated heterocycles. The maximum Gasteiger partial charge on any atom is 0.255 e. The molecule has 33 heavy (non-hydrogen) atoms. The first kappa shape index (κ1) is 22.7. The van der Waals surface area contributed by atoms with E-state index in [4.69, 9.17) is 11.6 Å². The van der Waals surface area contributed by atoms with Gasteiger partial charge in [-0.15, -0.1) is 11.6 Å². The molecule has 7 heteroatoms. The number of hydrogen-bond donors (Lipinski definition) is 3. The molecular weight excluding hydrogens is 436 g/mol. The van der Waals surface area contributed by atoms with Gasteiger partial charge in [-0.1, -0.05) is 6.07 Å². The lowest BCUT2D eigenvalue weighted by atomic mass is 10.1. The molecule has 3 aromatic carbocycles. The number of anilines is 2. The number of nitrogens with zero attached hydrogens (tertiary/aromatic N) is 2. The van der Waals surface area contributed by atoms with Crippen LogP contribution < -0.4 is 10.2 Å². The van der Waals surface area contributed by atoms with Crippen LogP contribution in [0.25, 0.3) is 22.4 Å². The number of halogens is 1. The number of phenolic OH excluding ortho intramolecular Hbond substituents is 1. The molecule has 0 fully saturated rings. The zero-order valence-electron chi connectivity index (χ0n) is 18.7. The number of aromatic hydroxyl groups is 1. The number of H-pyrrole nitrogens is 1. The van der Waals surface area contributed by atoms with Crippen LogP contribution in [0, 0.1) is 0 Å². The number of phenols is 1. The second kappa shape index (κ2) is 9.96. The van der Waals surface area contributed by atoms with Crippen molar-refractivity contribution in [2.75, 3.05) is 29.2 Å². The molecule has 0 unspecified atom stereocenters. The number of amides is 1. The summed E-state index contributed by atoms with van der Waals surface area (Å²) >= 11 is 5.87. The van der Waals surface area contributed by atoms with Gasteiger partial charge in [-0.3, -0.25) is 4.79 Å². The highest BCUT2D eigenvalue weighted by Crippen LogP contribution is 2.26. The number of alkyl halides is 1. The Hall–Kier alpha value is -3.51. The highest BCUT2D eigenvalue weighted by Gasteiger charge is 2.13. The fraction of sp³-hybridized carbons (Fsp3) is 0.231. The van der Waals surface area contributed by atoms with Crippen LogP contribution in [-0.2, 0) is 6.42 Å². The summed E-state index contributed by atoms with van der Waals surface area (Å²) < 4.78 is 0. The quantitative estimate of drug-likeness (QED) is 0.288. The van der Waals surface area contributed by atoms with Crippen molar-refractivity contribution in [3.05, 3.63) is 71.8 Å². The first-order chi connectivity index (χ1) is 16.0. The van der Waals surface area contributed by atoms with Gasteiger partial charge in [0.15, 0.2) is 0 Å². The zero-order valence-corrected chi connectivity index (χ0v) is 19.5. The van der Waals surface area contributed by atoms with E-state index in [0.717, 1.165) is 41.1 Å². The van der Waals surface area contributed by atoms with Gasteiger partial charge >= 0.3 is 0 Å². The van der Waals surface area contributed by atoms with E-state index in [1.54, 1.807) is 24.3 Å². The van der Waals surface area contributed by atoms with Crippen LogP contribution in [0.3, 0.4) is 0 Å². The lowest BCUT2D eigenvalue weighted by Crippen LogP contribution is -2.21. The summed E-state index contributed by atoms with van der Waals surface area (Å²) in [5.74, 6) is 1.00. The summed E-state index contributed by atoms with van der Waals surface area (Å²) in [4.78, 5) is 23.2. The van der Waals surface area contributed by atoms with E-state index in [-0.39, 0.29) is 11.7 Å². The Kier molecular flexibility index (Phi) is 6.84. The number of nitrogens with one attached hydrogen (secondary N) is 2. The number of fused-ring (bicyclic) bond motifs is 1. The van der Waals surface area contributed by atoms with E-state index in [1.165, 1.54) is 11.8 Å². The van der Waals surface area contributed by atoms with Gasteiger partial charge < -0.3 is 20.3 Å². The van der Waals surface area contributed by atoms with Gasteiger partial charge in [-0.25, -0.2) is 4.98 Å². The number of carbonyl (C=O) groups is 1. The van der Waals surface area contributed by atoms with Crippen molar-refractivity contribution in [1.82, 2.24) is 9.97 Å². The molecule has 0 aliphatic heterocycles. The van der Waals surface area contributed by atoms with Crippen molar-refractivity contribution < 1.29 is 9.90 Å². The van der Waals surface area contributed by atoms with Gasteiger partial charge in [-0.05, 0) is 74.4 Å². The second-order valence-corrected chi connectivity index (χ2v) is 8.15. The molecule has 0 saturated carbocycles. The normalized spacial score (nSPS) is 11.0. The number of hydrogen-bond acceptors (Lipinski definition) is 4. The van der Waals surface area contributed by atoms with Crippen LogP contribution in [0.1, 0.15) is 29.8 Å². The first-order valence-electron chi connectivity index (χ1n) is 11.1. The Bertz CT molecular complexity index is 1260. The Morgan fingerprint density at radius 3 is 2.52 bits per heavy atom. The number of benzene rings is 3. The summed E-state index contributed by atoms with van der Waals surface area (Å²) in [6.07, 6.45) is 0.591. The summed E-state index contributed by atoms with van der Waals surface area (Å²) in [7, 11) is 0. The second-order valence-electron chi connectivity index (χ2n) is 7.77. The van der Waals surface area contributed by atoms with Crippen LogP contribution in [-0.4, -0.2) is 40.0 Å². The smallest absolute Gasteiger partial charge is 0.255 e. The van der Waals surface area contributed by atoms with Gasteiger partial charge in [-0.2, -0.15) is 0 Å². The highest BCUT2D eigenvalue weighted by atomic mass is 35.5. The van der Waals surface area contributed by atoms with Crippen molar-refractivity contribution >= 4 is 39.9 Å². The van der Waals surface area contributed by atoms with Crippen LogP contribution in [0.4, 0.5) is 11.4 Å². The molecule has 6 nitrogen and oxygen atoms in total. The van der Waals surface area contributed by atoms with E-state index in [9.17, 15) is 9.90 Å². The maximum absolute atomic E-state index is 12.9. The number of imidazole rings is 1. The third-order valence-electron chi connectivity index (χ3n) is 5.72. The van der Waals surface area contributed by atoms with Crippen LogP contribution >= 0.6 is 11.6 Å². The van der Waals surface area contributed by atoms with Gasteiger partial charge in [0.05, 0.1) is 11.0 Å². The van der Waals surface area contributed by atoms with E-state index in [0.29, 0.717) is 23.6 Å². The molecular formula is C26H27ClN4O2. The van der Waals surface area contributed by atoms with Crippen molar-refractivity contribution in [2.24, 2.45) is 0 Å². The first-order valence-corrected chi connectivity index (χ1v) is 11.6. The lowest BCUT2D eigenvalue weighted by molar-refractivity contribution is 0.102. The van der Waals surface area contributed by atoms with E-state index in [1.807, 2.05) is 6.07 Å². The van der Waals surface area contributed by atoms with E-state index >= 15 is 0 Å². The monoisotopic (exact) mass is 462 g/mol. The highest BCUT2D eigenvalue weighted by molar-refractivity contribution is 6.18. The van der Waals surface area contributed by atoms with Gasteiger partial charge in [0.1, 0.15) is 11.6 Å². The van der Waals surface area contributed by atoms with E-state index in [2.05, 4.69) is 58.3 Å². The van der Waals surface area contributed by atoms with Crippen LogP contribution in [0.2, 0.25) is 0 Å². The maximum atomic E-state index is 12.9. The van der Waals surface area contributed by atoms with Gasteiger partial charge in [0.25, 0.3) is 5.91 Å². The molecule has 4 rings (SSSR count). The van der Waals surface area contributed by atoms with Gasteiger partial charge in [0, 0.05) is 47.5 Å². The van der Waals surface area contributed by atoms with Crippen molar-refractivity contribution in [2.45, 2.75) is 20.3 Å². The predicted molar refractivity (Wildman–Crippen MR) is 136 cm³/mol. The summed E-state index contributed by atoms with van der Waals surface area (Å²) in [5.41, 5.74) is 5.65. The van der Waals surface area contributed by atoms with Crippen molar-refractivity contribution in [1.29, 1.82) is 0 Å². The minimum Gasteiger partial charge on any atom is -0.508 e. The predicted octanol–water partition coefficient (Wildman–Crippen LogP) is 5.82. The molecule has 170 valence electrons. The van der Waals surface area contributed by atoms with E-state index < -0.39 is 0 Å². The molecule has 0 aliphatic rings. The third kappa shape index (κ3) is 4.96. The SMILES string of the molecule is CCN(CC)c1ccc(-c2nc3ccc(C(=O)Nc4cc(O)ccc4CCCl)cc3[nH]2)cc1. The number of aryl methyl sites for hydroxylation is 1. The summed E-state index contributed by atoms with van der Waals surface area (Å²) in [6.45, 7) is 6.20. The number of carbonyl (C=O) groups excluding carboxylic acids is 1. The molecule has 0 spiro atoms. The molecule has 0 aliphatic carbocycles. The molecule has 1 aromatic heterocycles. The zero-order chi connectivity index (χ0) is 23.4. The molecule has 0 bridgehead atoms. The summed E-state index contributed by atoms with van der Waals surface area (Å²) in [5, 5.41) is 12.7. The Morgan fingerprint density at radius 1 is 1.06 bits per heavy atom. The molecule has 1 amide bonds. The molecule has 0 atom stereocenters. The van der Waals surface area contributed by atoms with Crippen molar-refractivity contribution in [3.8, 4) is 17.1 Å². The fourth-order valence-electron chi connectivity index (χ4n) is 3.90. The average Bonchev–Trinajstić information content (AvgIpc) is 3.25. The van der Waals surface area contributed by atoms with Crippen molar-refractivity contribution in [3.63, 3.8) is 0 Å². The molecule has 3 N–H and O–H groups in total. The van der Waals surface area contributed by atoms with Crippen LogP contribution in [0.5, 0.6) is 5.75 Å². The number of aromatic amines is 1. The lowest BCUT2D eigenvalue weighted by Gasteiger charge is -2.20. The number of aromatic nitrogens is 2. The largest absolute Gasteiger partial charge is 0.508 e. The Morgan fingerprint density at radius 2 is 1.82 bits per heavy atom. The topological polar surface area (TPSA) is 81.2 Å². The summed E-state index contributed by atoms with van der Waals surface area (Å²) in [6, 6.07) is 18.6. The standard InChI is InChI=1S/C26H27ClN4O2/c1-3-31(4-2)20-9-5-18(6-10-20)25-28-22-12-8-19(15-24(22)29-25)26(33)30-23-16-21(32)11-7-17(23)13-14-27/h5-12,15-16,32H,3-4,13-14H2,1-2H3,(H,28,29)(H,30,33). The number of rotatable bonds is 8. The third-order valence-corrected chi connectivity index (χ3v) is 5.91. The molecule has 4 aromatic rings. The fourth-order valence-corrected chi connectivity index (χ4v) is 4.11. The Balaban J connectivity index is 1.57. The van der Waals surface area contributed by atoms with Crippen LogP contribution in [0.15, 0.2) is 60.7 Å². The Labute approximate surface area is 198 Å². The minimum absolute atomic E-state index is 0.0873. The molecule has 0 radical (unpaired) electrons. The molecule has 1 heterocycles. The minimum atomic E-state index is -0.266. The average molecular weight is 463 g/mol. The van der Waals surface area contributed by atoms with Gasteiger partial charge in [0.2, 0.25) is 0 Å².